The first kappa shape index (κ1) is 43.4. The van der Waals surface area contributed by atoms with Crippen LogP contribution in [-0.2, 0) is 22.1 Å². The molecule has 0 aromatic heterocycles. The minimum atomic E-state index is -4.59. The van der Waals surface area contributed by atoms with E-state index in [0.29, 0.717) is 45.0 Å². The van der Waals surface area contributed by atoms with Crippen LogP contribution in [0.3, 0.4) is 0 Å². The number of methoxy groups -OCH3 is 1. The molecule has 0 saturated carbocycles. The van der Waals surface area contributed by atoms with E-state index in [-0.39, 0.29) is 22.7 Å². The molecular weight excluding hydrogens is 758 g/mol. The lowest BCUT2D eigenvalue weighted by Gasteiger charge is -2.44. The number of ether oxygens (including phenoxy) is 2. The number of carbonyl (C=O) groups excluding carboxylic acids is 1. The van der Waals surface area contributed by atoms with E-state index in [0.717, 1.165) is 55.2 Å². The number of nitrogens with zero attached hydrogens (tertiary/aromatic N) is 4. The van der Waals surface area contributed by atoms with Crippen molar-refractivity contribution in [3.8, 4) is 5.75 Å². The highest BCUT2D eigenvalue weighted by molar-refractivity contribution is 7.00. The number of morpholine rings is 1. The number of benzene rings is 4. The summed E-state index contributed by atoms with van der Waals surface area (Å²) in [6, 6.07) is 30.7. The van der Waals surface area contributed by atoms with E-state index in [1.165, 1.54) is 10.4 Å². The Morgan fingerprint density at radius 2 is 1.48 bits per heavy atom. The first-order valence-corrected chi connectivity index (χ1v) is 22.2. The zero-order chi connectivity index (χ0) is 41.7. The molecule has 58 heavy (non-hydrogen) atoms. The van der Waals surface area contributed by atoms with E-state index in [1.807, 2.05) is 12.1 Å². The van der Waals surface area contributed by atoms with Crippen molar-refractivity contribution < 1.29 is 31.9 Å². The molecule has 0 spiro atoms. The van der Waals surface area contributed by atoms with Crippen molar-refractivity contribution in [2.24, 2.45) is 0 Å². The number of piperazine rings is 1. The lowest BCUT2D eigenvalue weighted by Crippen LogP contribution is -2.68. The van der Waals surface area contributed by atoms with Gasteiger partial charge in [0.1, 0.15) is 5.75 Å². The number of carbonyl (C=O) groups is 1. The topological polar surface area (TPSA) is 57.7 Å². The maximum atomic E-state index is 14.5. The number of hydrogen-bond acceptors (Lipinski definition) is 7. The molecule has 2 fully saturated rings. The van der Waals surface area contributed by atoms with Gasteiger partial charge in [-0.2, -0.15) is 13.2 Å². The fourth-order valence-electron chi connectivity index (χ4n) is 8.41. The summed E-state index contributed by atoms with van der Waals surface area (Å²) in [4.78, 5) is 22.6. The number of rotatable bonds is 13. The average Bonchev–Trinajstić information content (AvgIpc) is 3.20. The molecule has 2 saturated heterocycles. The van der Waals surface area contributed by atoms with Crippen LogP contribution in [-0.4, -0.2) is 121 Å². The van der Waals surface area contributed by atoms with Crippen molar-refractivity contribution in [2.75, 3.05) is 85.1 Å². The first-order chi connectivity index (χ1) is 27.6. The normalized spacial score (nSPS) is 18.6. The van der Waals surface area contributed by atoms with Gasteiger partial charge in [-0.05, 0) is 64.1 Å². The molecule has 1 amide bonds. The van der Waals surface area contributed by atoms with E-state index in [1.54, 1.807) is 37.1 Å². The maximum absolute atomic E-state index is 14.5. The Morgan fingerprint density at radius 3 is 2.07 bits per heavy atom. The largest absolute Gasteiger partial charge is 0.534 e. The number of halogens is 3. The zero-order valence-corrected chi connectivity index (χ0v) is 36.0. The summed E-state index contributed by atoms with van der Waals surface area (Å²) in [6.07, 6.45) is -4.06. The molecule has 0 N–H and O–H groups in total. The van der Waals surface area contributed by atoms with Gasteiger partial charge in [0.2, 0.25) is 0 Å². The monoisotopic (exact) mass is 816 g/mol. The van der Waals surface area contributed by atoms with Gasteiger partial charge in [0.05, 0.1) is 24.9 Å². The summed E-state index contributed by atoms with van der Waals surface area (Å²) < 4.78 is 61.1. The van der Waals surface area contributed by atoms with Gasteiger partial charge in [-0.1, -0.05) is 93.6 Å². The Labute approximate surface area is 343 Å². The molecule has 0 aliphatic carbocycles. The van der Waals surface area contributed by atoms with Crippen molar-refractivity contribution in [1.29, 1.82) is 0 Å². The first-order valence-electron chi connectivity index (χ1n) is 20.2. The fraction of sp³-hybridized carbons (Fsp3) is 0.457. The number of anilines is 1. The molecule has 0 bridgehead atoms. The van der Waals surface area contributed by atoms with E-state index in [9.17, 15) is 18.0 Å². The molecule has 2 aliphatic rings. The number of amides is 1. The van der Waals surface area contributed by atoms with E-state index < -0.39 is 26.0 Å². The van der Waals surface area contributed by atoms with Crippen LogP contribution in [0.15, 0.2) is 97.1 Å². The van der Waals surface area contributed by atoms with Crippen LogP contribution in [0.4, 0.5) is 18.9 Å². The van der Waals surface area contributed by atoms with Crippen molar-refractivity contribution >= 4 is 30.3 Å². The van der Waals surface area contributed by atoms with Crippen LogP contribution in [0.2, 0.25) is 5.04 Å². The minimum Gasteiger partial charge on any atom is -0.534 e. The van der Waals surface area contributed by atoms with Crippen LogP contribution >= 0.6 is 0 Å². The van der Waals surface area contributed by atoms with Crippen molar-refractivity contribution in [3.63, 3.8) is 0 Å². The van der Waals surface area contributed by atoms with Crippen LogP contribution in [0, 0.1) is 6.92 Å². The van der Waals surface area contributed by atoms with Gasteiger partial charge in [0, 0.05) is 84.3 Å². The molecule has 0 radical (unpaired) electrons. The SMILES string of the molecule is COC[C@@H]1CN(CCN2CCN(C(=O)c3cc(N(C)C)cc(C(F)(F)F)c3)[C@H](Cc3ccc(C)c(O[Si](c4ccccc4)(c4ccccc4)C(C)(C)C)c3)C2)CCO1. The Bertz CT molecular complexity index is 1930. The maximum Gasteiger partial charge on any atom is 0.416 e. The number of aryl methyl sites for hydroxylation is 1. The third-order valence-electron chi connectivity index (χ3n) is 11.5. The highest BCUT2D eigenvalue weighted by Gasteiger charge is 2.52. The van der Waals surface area contributed by atoms with Crippen LogP contribution in [0.1, 0.15) is 47.8 Å². The second-order valence-corrected chi connectivity index (χ2v) is 21.2. The molecular formula is C46H59F3N4O4Si. The van der Waals surface area contributed by atoms with Crippen molar-refractivity contribution in [1.82, 2.24) is 14.7 Å². The second kappa shape index (κ2) is 18.4. The van der Waals surface area contributed by atoms with Gasteiger partial charge in [-0.15, -0.1) is 0 Å². The summed E-state index contributed by atoms with van der Waals surface area (Å²) in [6.45, 7) is 14.9. The Balaban J connectivity index is 1.33. The van der Waals surface area contributed by atoms with E-state index in [2.05, 4.69) is 104 Å². The standard InChI is InChI=1S/C46H59F3N4O4Si/c1-34-18-19-35(27-43(34)57-58(45(2,3)4,41-14-10-8-11-15-41)42-16-12-9-13-17-42)26-39-31-51(20-21-52-24-25-56-40(32-52)33-55-7)22-23-53(39)44(54)36-28-37(46(47,48)49)30-38(29-36)50(5)6/h8-19,27-30,39-40H,20-26,31-33H2,1-7H3/t39-,40+/m1/s1. The molecule has 4 aromatic carbocycles. The summed E-state index contributed by atoms with van der Waals surface area (Å²) in [5, 5.41) is 2.10. The van der Waals surface area contributed by atoms with Gasteiger partial charge in [0.15, 0.2) is 0 Å². The number of alkyl halides is 3. The molecule has 2 heterocycles. The lowest BCUT2D eigenvalue weighted by atomic mass is 9.99. The Hall–Kier alpha value is -4.20. The van der Waals surface area contributed by atoms with Crippen LogP contribution in [0.25, 0.3) is 0 Å². The van der Waals surface area contributed by atoms with Crippen molar-refractivity contribution in [2.45, 2.75) is 57.5 Å². The van der Waals surface area contributed by atoms with E-state index >= 15 is 0 Å². The molecule has 8 nitrogen and oxygen atoms in total. The number of hydrogen-bond donors (Lipinski definition) is 0. The Kier molecular flexibility index (Phi) is 13.7. The molecule has 6 rings (SSSR count). The third kappa shape index (κ3) is 9.97. The summed E-state index contributed by atoms with van der Waals surface area (Å²) in [5.41, 5.74) is 1.53. The highest BCUT2D eigenvalue weighted by atomic mass is 28.4. The van der Waals surface area contributed by atoms with Gasteiger partial charge < -0.3 is 23.7 Å². The molecule has 12 heteroatoms. The smallest absolute Gasteiger partial charge is 0.416 e. The minimum absolute atomic E-state index is 0.0299. The van der Waals surface area contributed by atoms with Crippen LogP contribution in [0.5, 0.6) is 5.75 Å². The second-order valence-electron chi connectivity index (χ2n) is 16.9. The van der Waals surface area contributed by atoms with Crippen molar-refractivity contribution in [3.05, 3.63) is 119 Å². The van der Waals surface area contributed by atoms with E-state index in [4.69, 9.17) is 13.9 Å². The Morgan fingerprint density at radius 1 is 0.845 bits per heavy atom. The average molecular weight is 817 g/mol. The molecule has 0 unspecified atom stereocenters. The predicted molar refractivity (Wildman–Crippen MR) is 228 cm³/mol. The lowest BCUT2D eigenvalue weighted by molar-refractivity contribution is -0.137. The van der Waals surface area contributed by atoms with Gasteiger partial charge in [-0.25, -0.2) is 0 Å². The predicted octanol–water partition coefficient (Wildman–Crippen LogP) is 6.73. The quantitative estimate of drug-likeness (QED) is 0.139. The molecule has 2 atom stereocenters. The molecule has 4 aromatic rings. The van der Waals surface area contributed by atoms with Gasteiger partial charge >= 0.3 is 14.5 Å². The third-order valence-corrected chi connectivity index (χ3v) is 16.5. The van der Waals surface area contributed by atoms with Crippen LogP contribution < -0.4 is 19.7 Å². The molecule has 2 aliphatic heterocycles. The summed E-state index contributed by atoms with van der Waals surface area (Å²) in [5.74, 6) is 0.397. The summed E-state index contributed by atoms with van der Waals surface area (Å²) >= 11 is 0. The molecule has 312 valence electrons. The zero-order valence-electron chi connectivity index (χ0n) is 35.0. The van der Waals surface area contributed by atoms with Gasteiger partial charge in [-0.3, -0.25) is 14.6 Å². The summed E-state index contributed by atoms with van der Waals surface area (Å²) in [7, 11) is 2.10. The highest BCUT2D eigenvalue weighted by Crippen LogP contribution is 2.39. The fourth-order valence-corrected chi connectivity index (χ4v) is 12.9. The van der Waals surface area contributed by atoms with Gasteiger partial charge in [0.25, 0.3) is 5.91 Å².